The topological polar surface area (TPSA) is 142 Å². The molecule has 0 unspecified atom stereocenters. The molecule has 0 saturated heterocycles. The van der Waals surface area contributed by atoms with Gasteiger partial charge in [-0.1, -0.05) is 12.1 Å². The maximum atomic E-state index is 12.9. The molecule has 1 amide bonds. The average Bonchev–Trinajstić information content (AvgIpc) is 2.67. The van der Waals surface area contributed by atoms with Crippen LogP contribution in [0.3, 0.4) is 0 Å². The van der Waals surface area contributed by atoms with Crippen molar-refractivity contribution in [3.05, 3.63) is 58.7 Å². The lowest BCUT2D eigenvalue weighted by molar-refractivity contribution is 0.0598. The number of ether oxygens (including phenoxy) is 2. The van der Waals surface area contributed by atoms with Crippen LogP contribution in [0.2, 0.25) is 0 Å². The van der Waals surface area contributed by atoms with Crippen molar-refractivity contribution in [3.8, 4) is 0 Å². The van der Waals surface area contributed by atoms with E-state index in [0.717, 1.165) is 32.4 Å². The van der Waals surface area contributed by atoms with E-state index in [1.54, 1.807) is 19.1 Å². The Morgan fingerprint density at radius 3 is 1.96 bits per heavy atom. The van der Waals surface area contributed by atoms with E-state index in [2.05, 4.69) is 14.2 Å². The zero-order valence-corrected chi connectivity index (χ0v) is 16.1. The molecule has 0 aromatic heterocycles. The lowest BCUT2D eigenvalue weighted by Crippen LogP contribution is -2.20. The maximum absolute atomic E-state index is 12.9. The number of esters is 2. The number of hydrogen-bond acceptors (Lipinski definition) is 7. The largest absolute Gasteiger partial charge is 0.465 e. The Kier molecular flexibility index (Phi) is 6.04. The maximum Gasteiger partial charge on any atom is 0.337 e. The SMILES string of the molecule is COC(=O)c1cc(C(=O)OC)cc(S(=O)(=O)Nc2c(C)cccc2C(N)=O)c1. The van der Waals surface area contributed by atoms with Crippen molar-refractivity contribution in [2.45, 2.75) is 11.8 Å². The molecule has 0 saturated carbocycles. The molecule has 10 heteroatoms. The van der Waals surface area contributed by atoms with Crippen LogP contribution in [0.25, 0.3) is 0 Å². The Morgan fingerprint density at radius 1 is 0.964 bits per heavy atom. The minimum atomic E-state index is -4.29. The Morgan fingerprint density at radius 2 is 1.50 bits per heavy atom. The summed E-state index contributed by atoms with van der Waals surface area (Å²) >= 11 is 0. The van der Waals surface area contributed by atoms with Crippen molar-refractivity contribution in [3.63, 3.8) is 0 Å². The number of benzene rings is 2. The van der Waals surface area contributed by atoms with E-state index in [9.17, 15) is 22.8 Å². The fourth-order valence-corrected chi connectivity index (χ4v) is 3.65. The summed E-state index contributed by atoms with van der Waals surface area (Å²) in [5, 5.41) is 0. The van der Waals surface area contributed by atoms with Crippen molar-refractivity contribution < 1.29 is 32.3 Å². The smallest absolute Gasteiger partial charge is 0.337 e. The summed E-state index contributed by atoms with van der Waals surface area (Å²) in [5.74, 6) is -2.49. The molecule has 2 aromatic carbocycles. The fourth-order valence-electron chi connectivity index (χ4n) is 2.43. The third-order valence-electron chi connectivity index (χ3n) is 3.83. The zero-order valence-electron chi connectivity index (χ0n) is 15.3. The molecule has 28 heavy (non-hydrogen) atoms. The number of amides is 1. The molecule has 0 aliphatic carbocycles. The number of para-hydroxylation sites is 1. The molecule has 0 spiro atoms. The molecule has 0 atom stereocenters. The Bertz CT molecular complexity index is 1030. The van der Waals surface area contributed by atoms with Gasteiger partial charge in [-0.15, -0.1) is 0 Å². The molecule has 0 heterocycles. The molecule has 0 aliphatic rings. The number of methoxy groups -OCH3 is 2. The van der Waals surface area contributed by atoms with Crippen molar-refractivity contribution in [1.82, 2.24) is 0 Å². The molecule has 3 N–H and O–H groups in total. The molecule has 0 radical (unpaired) electrons. The summed E-state index contributed by atoms with van der Waals surface area (Å²) in [4.78, 5) is 35.0. The van der Waals surface area contributed by atoms with E-state index in [1.165, 1.54) is 6.07 Å². The zero-order chi connectivity index (χ0) is 21.1. The third kappa shape index (κ3) is 4.29. The molecule has 2 aromatic rings. The van der Waals surface area contributed by atoms with Gasteiger partial charge in [0.1, 0.15) is 0 Å². The van der Waals surface area contributed by atoms with Gasteiger partial charge in [-0.2, -0.15) is 0 Å². The summed E-state index contributed by atoms with van der Waals surface area (Å²) in [6, 6.07) is 7.76. The summed E-state index contributed by atoms with van der Waals surface area (Å²) in [5.41, 5.74) is 5.41. The second-order valence-corrected chi connectivity index (χ2v) is 7.38. The number of carbonyl (C=O) groups is 3. The van der Waals surface area contributed by atoms with Crippen LogP contribution >= 0.6 is 0 Å². The van der Waals surface area contributed by atoms with Gasteiger partial charge in [-0.3, -0.25) is 9.52 Å². The van der Waals surface area contributed by atoms with E-state index >= 15 is 0 Å². The van der Waals surface area contributed by atoms with E-state index in [4.69, 9.17) is 5.73 Å². The molecular weight excluding hydrogens is 388 g/mol. The number of carbonyl (C=O) groups excluding carboxylic acids is 3. The second kappa shape index (κ2) is 8.09. The van der Waals surface area contributed by atoms with Gasteiger partial charge in [-0.05, 0) is 36.8 Å². The highest BCUT2D eigenvalue weighted by molar-refractivity contribution is 7.92. The van der Waals surface area contributed by atoms with E-state index < -0.39 is 32.8 Å². The van der Waals surface area contributed by atoms with Crippen LogP contribution in [0.4, 0.5) is 5.69 Å². The first-order valence-corrected chi connectivity index (χ1v) is 9.33. The van der Waals surface area contributed by atoms with Gasteiger partial charge in [0.25, 0.3) is 15.9 Å². The Labute approximate surface area is 161 Å². The molecule has 9 nitrogen and oxygen atoms in total. The van der Waals surface area contributed by atoms with Gasteiger partial charge in [0.2, 0.25) is 0 Å². The Balaban J connectivity index is 2.62. The first-order valence-electron chi connectivity index (χ1n) is 7.84. The van der Waals surface area contributed by atoms with Crippen molar-refractivity contribution in [1.29, 1.82) is 0 Å². The molecule has 0 fully saturated rings. The van der Waals surface area contributed by atoms with Gasteiger partial charge in [0, 0.05) is 0 Å². The predicted octanol–water partition coefficient (Wildman–Crippen LogP) is 1.47. The number of primary amides is 1. The Hall–Kier alpha value is -3.40. The molecule has 148 valence electrons. The highest BCUT2D eigenvalue weighted by Gasteiger charge is 2.23. The van der Waals surface area contributed by atoms with Crippen LogP contribution in [0.5, 0.6) is 0 Å². The minimum Gasteiger partial charge on any atom is -0.465 e. The van der Waals surface area contributed by atoms with Crippen LogP contribution < -0.4 is 10.5 Å². The van der Waals surface area contributed by atoms with Gasteiger partial charge in [0.15, 0.2) is 0 Å². The number of anilines is 1. The highest BCUT2D eigenvalue weighted by Crippen LogP contribution is 2.25. The minimum absolute atomic E-state index is 0.00177. The number of hydrogen-bond donors (Lipinski definition) is 2. The number of sulfonamides is 1. The van der Waals surface area contributed by atoms with Crippen LogP contribution in [-0.4, -0.2) is 40.5 Å². The molecule has 0 aliphatic heterocycles. The number of rotatable bonds is 6. The fraction of sp³-hybridized carbons (Fsp3) is 0.167. The van der Waals surface area contributed by atoms with Gasteiger partial charge in [0.05, 0.1) is 41.5 Å². The number of aryl methyl sites for hydroxylation is 1. The predicted molar refractivity (Wildman–Crippen MR) is 99.6 cm³/mol. The van der Waals surface area contributed by atoms with Crippen LogP contribution in [-0.2, 0) is 19.5 Å². The lowest BCUT2D eigenvalue weighted by Gasteiger charge is -2.14. The van der Waals surface area contributed by atoms with Crippen molar-refractivity contribution >= 4 is 33.6 Å². The quantitative estimate of drug-likeness (QED) is 0.692. The van der Waals surface area contributed by atoms with E-state index in [1.807, 2.05) is 0 Å². The number of nitrogens with one attached hydrogen (secondary N) is 1. The van der Waals surface area contributed by atoms with Crippen LogP contribution in [0.1, 0.15) is 36.6 Å². The van der Waals surface area contributed by atoms with Crippen molar-refractivity contribution in [2.75, 3.05) is 18.9 Å². The first-order chi connectivity index (χ1) is 13.1. The monoisotopic (exact) mass is 406 g/mol. The number of nitrogens with two attached hydrogens (primary N) is 1. The third-order valence-corrected chi connectivity index (χ3v) is 5.16. The summed E-state index contributed by atoms with van der Waals surface area (Å²) < 4.78 is 37.2. The summed E-state index contributed by atoms with van der Waals surface area (Å²) in [6.07, 6.45) is 0. The standard InChI is InChI=1S/C18H18N2O7S/c1-10-5-4-6-14(16(19)21)15(10)20-28(24,25)13-8-11(17(22)26-2)7-12(9-13)18(23)27-3/h4-9,20H,1-3H3,(H2,19,21). The molecule has 2 rings (SSSR count). The van der Waals surface area contributed by atoms with E-state index in [-0.39, 0.29) is 22.4 Å². The van der Waals surface area contributed by atoms with Crippen molar-refractivity contribution in [2.24, 2.45) is 5.73 Å². The van der Waals surface area contributed by atoms with Gasteiger partial charge >= 0.3 is 11.9 Å². The summed E-state index contributed by atoms with van der Waals surface area (Å²) in [6.45, 7) is 1.59. The molecular formula is C18H18N2O7S. The van der Waals surface area contributed by atoms with Gasteiger partial charge < -0.3 is 15.2 Å². The normalized spacial score (nSPS) is 10.8. The highest BCUT2D eigenvalue weighted by atomic mass is 32.2. The lowest BCUT2D eigenvalue weighted by atomic mass is 10.1. The first kappa shape index (κ1) is 20.9. The van der Waals surface area contributed by atoms with Crippen LogP contribution in [0, 0.1) is 6.92 Å². The second-order valence-electron chi connectivity index (χ2n) is 5.70. The van der Waals surface area contributed by atoms with E-state index in [0.29, 0.717) is 5.56 Å². The molecule has 0 bridgehead atoms. The van der Waals surface area contributed by atoms with Crippen LogP contribution in [0.15, 0.2) is 41.3 Å². The van der Waals surface area contributed by atoms with Gasteiger partial charge in [-0.25, -0.2) is 18.0 Å². The summed E-state index contributed by atoms with van der Waals surface area (Å²) in [7, 11) is -2.06. The average molecular weight is 406 g/mol.